The molecule has 0 radical (unpaired) electrons. The van der Waals surface area contributed by atoms with Crippen LogP contribution in [0.2, 0.25) is 0 Å². The first kappa shape index (κ1) is 21.9. The predicted molar refractivity (Wildman–Crippen MR) is 122 cm³/mol. The van der Waals surface area contributed by atoms with Crippen molar-refractivity contribution in [3.8, 4) is 16.9 Å². The number of hydrogen-bond donors (Lipinski definition) is 2. The molecule has 1 aliphatic carbocycles. The molecule has 4 aromatic rings. The minimum absolute atomic E-state index is 0.0229. The Bertz CT molecular complexity index is 1280. The third-order valence-electron chi connectivity index (χ3n) is 5.91. The summed E-state index contributed by atoms with van der Waals surface area (Å²) in [5.74, 6) is -0.0853. The van der Waals surface area contributed by atoms with Crippen molar-refractivity contribution in [2.45, 2.75) is 38.8 Å². The highest BCUT2D eigenvalue weighted by molar-refractivity contribution is 5.72. The first-order valence-corrected chi connectivity index (χ1v) is 11.3. The zero-order valence-electron chi connectivity index (χ0n) is 18.7. The number of carboxylic acids is 1. The minimum Gasteiger partial charge on any atom is -0.481 e. The fourth-order valence-electron chi connectivity index (χ4n) is 4.09. The van der Waals surface area contributed by atoms with Gasteiger partial charge in [-0.3, -0.25) is 9.48 Å². The Labute approximate surface area is 195 Å². The van der Waals surface area contributed by atoms with Gasteiger partial charge in [0.25, 0.3) is 0 Å². The maximum atomic E-state index is 11.2. The van der Waals surface area contributed by atoms with Gasteiger partial charge in [0, 0.05) is 36.2 Å². The van der Waals surface area contributed by atoms with E-state index in [0.29, 0.717) is 55.5 Å². The van der Waals surface area contributed by atoms with Crippen LogP contribution in [0.15, 0.2) is 36.9 Å². The van der Waals surface area contributed by atoms with E-state index in [4.69, 9.17) is 4.74 Å². The van der Waals surface area contributed by atoms with Gasteiger partial charge in [0.2, 0.25) is 5.95 Å². The Balaban J connectivity index is 1.32. The van der Waals surface area contributed by atoms with Gasteiger partial charge in [-0.05, 0) is 38.3 Å². The van der Waals surface area contributed by atoms with Gasteiger partial charge in [-0.25, -0.2) is 9.97 Å². The van der Waals surface area contributed by atoms with Crippen molar-refractivity contribution in [1.82, 2.24) is 39.7 Å². The summed E-state index contributed by atoms with van der Waals surface area (Å²) in [7, 11) is 0. The van der Waals surface area contributed by atoms with Crippen LogP contribution >= 0.6 is 0 Å². The number of nitrogens with zero attached hydrogens (tertiary/aromatic N) is 8. The molecule has 2 atom stereocenters. The Hall–Kier alpha value is -3.93. The molecule has 0 aromatic carbocycles. The van der Waals surface area contributed by atoms with Crippen molar-refractivity contribution in [3.05, 3.63) is 36.9 Å². The number of carboxylic acid groups (broad SMARTS) is 1. The lowest BCUT2D eigenvalue weighted by molar-refractivity contribution is -0.141. The molecule has 1 fully saturated rings. The summed E-state index contributed by atoms with van der Waals surface area (Å²) >= 11 is 0. The smallest absolute Gasteiger partial charge is 0.306 e. The van der Waals surface area contributed by atoms with Gasteiger partial charge >= 0.3 is 5.97 Å². The Morgan fingerprint density at radius 2 is 2.12 bits per heavy atom. The van der Waals surface area contributed by atoms with Gasteiger partial charge in [0.15, 0.2) is 17.0 Å². The summed E-state index contributed by atoms with van der Waals surface area (Å²) in [6.07, 6.45) is 9.09. The summed E-state index contributed by atoms with van der Waals surface area (Å²) in [6.45, 7) is 3.96. The zero-order chi connectivity index (χ0) is 23.5. The van der Waals surface area contributed by atoms with Crippen molar-refractivity contribution < 1.29 is 14.6 Å². The van der Waals surface area contributed by atoms with Crippen LogP contribution in [-0.4, -0.2) is 70.1 Å². The molecule has 1 saturated carbocycles. The monoisotopic (exact) mass is 463 g/mol. The second kappa shape index (κ2) is 9.51. The van der Waals surface area contributed by atoms with Crippen LogP contribution in [0.3, 0.4) is 0 Å². The molecule has 12 nitrogen and oxygen atoms in total. The molecule has 34 heavy (non-hydrogen) atoms. The standard InChI is InChI=1S/C22H25N9O3/c1-2-34-8-7-30-13-16(11-25-30)15-4-6-19(23-10-15)31-20-18(28-29-31)12-24-22(27-20)26-17-5-3-14(9-17)21(32)33/h4,6,10-14,17H,2-3,5,7-9H2,1H3,(H,32,33)(H,24,26,27)/t14-,17-/m1/s1. The average Bonchev–Trinajstić information content (AvgIpc) is 3.59. The normalized spacial score (nSPS) is 17.9. The first-order valence-electron chi connectivity index (χ1n) is 11.3. The van der Waals surface area contributed by atoms with Crippen molar-refractivity contribution >= 4 is 23.1 Å². The van der Waals surface area contributed by atoms with Crippen molar-refractivity contribution in [3.63, 3.8) is 0 Å². The molecule has 4 heterocycles. The van der Waals surface area contributed by atoms with Gasteiger partial charge in [0.05, 0.1) is 31.5 Å². The summed E-state index contributed by atoms with van der Waals surface area (Å²) in [5.41, 5.74) is 2.96. The molecule has 1 aliphatic rings. The number of aromatic nitrogens is 8. The number of aliphatic carboxylic acids is 1. The van der Waals surface area contributed by atoms with Gasteiger partial charge in [-0.1, -0.05) is 5.21 Å². The number of nitrogens with one attached hydrogen (secondary N) is 1. The van der Waals surface area contributed by atoms with Gasteiger partial charge in [0.1, 0.15) is 0 Å². The number of ether oxygens (including phenoxy) is 1. The molecule has 176 valence electrons. The maximum Gasteiger partial charge on any atom is 0.306 e. The molecule has 0 unspecified atom stereocenters. The third kappa shape index (κ3) is 4.57. The quantitative estimate of drug-likeness (QED) is 0.354. The second-order valence-corrected chi connectivity index (χ2v) is 8.19. The zero-order valence-corrected chi connectivity index (χ0v) is 18.7. The van der Waals surface area contributed by atoms with E-state index < -0.39 is 5.97 Å². The molecular formula is C22H25N9O3. The lowest BCUT2D eigenvalue weighted by atomic mass is 10.1. The van der Waals surface area contributed by atoms with Gasteiger partial charge in [-0.15, -0.1) is 5.10 Å². The van der Waals surface area contributed by atoms with Crippen LogP contribution in [0.1, 0.15) is 26.2 Å². The van der Waals surface area contributed by atoms with E-state index in [1.807, 2.05) is 29.9 Å². The number of rotatable bonds is 9. The van der Waals surface area contributed by atoms with Crippen LogP contribution < -0.4 is 5.32 Å². The van der Waals surface area contributed by atoms with E-state index in [2.05, 4.69) is 35.7 Å². The third-order valence-corrected chi connectivity index (χ3v) is 5.91. The summed E-state index contributed by atoms with van der Waals surface area (Å²) < 4.78 is 8.78. The SMILES string of the molecule is CCOCCn1cc(-c2ccc(-n3nnc4cnc(N[C@@H]5CC[C@@H](C(=O)O)C5)nc43)nc2)cn1. The van der Waals surface area contributed by atoms with E-state index in [9.17, 15) is 9.90 Å². The highest BCUT2D eigenvalue weighted by Gasteiger charge is 2.30. The Morgan fingerprint density at radius 1 is 1.21 bits per heavy atom. The van der Waals surface area contributed by atoms with E-state index >= 15 is 0 Å². The molecule has 0 aliphatic heterocycles. The first-order chi connectivity index (χ1) is 16.6. The van der Waals surface area contributed by atoms with Crippen LogP contribution in [0, 0.1) is 5.92 Å². The Morgan fingerprint density at radius 3 is 2.88 bits per heavy atom. The van der Waals surface area contributed by atoms with Crippen molar-refractivity contribution in [2.24, 2.45) is 5.92 Å². The van der Waals surface area contributed by atoms with Crippen LogP contribution in [-0.2, 0) is 16.1 Å². The molecule has 0 amide bonds. The van der Waals surface area contributed by atoms with Gasteiger partial charge in [-0.2, -0.15) is 14.8 Å². The fourth-order valence-corrected chi connectivity index (χ4v) is 4.09. The molecule has 0 spiro atoms. The Kier molecular flexibility index (Phi) is 6.12. The highest BCUT2D eigenvalue weighted by Crippen LogP contribution is 2.28. The number of pyridine rings is 1. The summed E-state index contributed by atoms with van der Waals surface area (Å²) in [4.78, 5) is 24.6. The number of fused-ring (bicyclic) bond motifs is 1. The van der Waals surface area contributed by atoms with E-state index in [-0.39, 0.29) is 12.0 Å². The minimum atomic E-state index is -0.754. The predicted octanol–water partition coefficient (Wildman–Crippen LogP) is 2.17. The number of anilines is 1. The molecule has 12 heteroatoms. The van der Waals surface area contributed by atoms with Crippen molar-refractivity contribution in [1.29, 1.82) is 0 Å². The summed E-state index contributed by atoms with van der Waals surface area (Å²) in [5, 5.41) is 25.2. The molecule has 0 bridgehead atoms. The van der Waals surface area contributed by atoms with Crippen molar-refractivity contribution in [2.75, 3.05) is 18.5 Å². The average molecular weight is 464 g/mol. The van der Waals surface area contributed by atoms with Crippen LogP contribution in [0.25, 0.3) is 28.1 Å². The summed E-state index contributed by atoms with van der Waals surface area (Å²) in [6, 6.07) is 3.82. The number of hydrogen-bond acceptors (Lipinski definition) is 9. The molecular weight excluding hydrogens is 438 g/mol. The van der Waals surface area contributed by atoms with E-state index in [0.717, 1.165) is 17.5 Å². The van der Waals surface area contributed by atoms with Crippen LogP contribution in [0.5, 0.6) is 0 Å². The lowest BCUT2D eigenvalue weighted by Crippen LogP contribution is -2.19. The molecule has 2 N–H and O–H groups in total. The number of carbonyl (C=O) groups is 1. The van der Waals surface area contributed by atoms with E-state index in [1.54, 1.807) is 23.3 Å². The van der Waals surface area contributed by atoms with E-state index in [1.165, 1.54) is 0 Å². The molecule has 0 saturated heterocycles. The highest BCUT2D eigenvalue weighted by atomic mass is 16.5. The van der Waals surface area contributed by atoms with Crippen LogP contribution in [0.4, 0.5) is 5.95 Å². The lowest BCUT2D eigenvalue weighted by Gasteiger charge is -2.12. The molecule has 5 rings (SSSR count). The van der Waals surface area contributed by atoms with Gasteiger partial charge < -0.3 is 15.2 Å². The second-order valence-electron chi connectivity index (χ2n) is 8.19. The molecule has 4 aromatic heterocycles. The fraction of sp³-hybridized carbons (Fsp3) is 0.409. The topological polar surface area (TPSA) is 146 Å². The maximum absolute atomic E-state index is 11.2. The largest absolute Gasteiger partial charge is 0.481 e.